The highest BCUT2D eigenvalue weighted by atomic mass is 32.2. The number of piperazine rings is 1. The number of rotatable bonds is 5. The minimum Gasteiger partial charge on any atom is -0.495 e. The topological polar surface area (TPSA) is 70.2 Å². The molecule has 2 fully saturated rings. The summed E-state index contributed by atoms with van der Waals surface area (Å²) in [5.41, 5.74) is 0.905. The fourth-order valence-corrected chi connectivity index (χ4v) is 6.14. The van der Waals surface area contributed by atoms with E-state index in [-0.39, 0.29) is 35.5 Å². The Bertz CT molecular complexity index is 1100. The highest BCUT2D eigenvalue weighted by molar-refractivity contribution is 7.89. The van der Waals surface area contributed by atoms with Crippen LogP contribution in [0, 0.1) is 17.6 Å². The van der Waals surface area contributed by atoms with Crippen LogP contribution in [-0.2, 0) is 14.8 Å². The molecule has 2 aliphatic rings. The van der Waals surface area contributed by atoms with E-state index in [9.17, 15) is 22.0 Å². The first kappa shape index (κ1) is 23.4. The van der Waals surface area contributed by atoms with E-state index in [0.29, 0.717) is 39.0 Å². The maximum atomic E-state index is 13.8. The predicted molar refractivity (Wildman–Crippen MR) is 120 cm³/mol. The quantitative estimate of drug-likeness (QED) is 0.660. The average molecular weight is 480 g/mol. The van der Waals surface area contributed by atoms with Crippen molar-refractivity contribution in [1.82, 2.24) is 9.21 Å². The molecular formula is C23H27F2N3O4S. The van der Waals surface area contributed by atoms with Gasteiger partial charge in [0.15, 0.2) is 0 Å². The molecule has 2 aromatic rings. The smallest absolute Gasteiger partial charge is 0.246 e. The largest absolute Gasteiger partial charge is 0.495 e. The van der Waals surface area contributed by atoms with Crippen LogP contribution in [0.4, 0.5) is 14.5 Å². The lowest BCUT2D eigenvalue weighted by Crippen LogP contribution is -2.53. The number of nitrogens with zero attached hydrogens (tertiary/aromatic N) is 3. The standard InChI is InChI=1S/C23H27F2N3O4S/c1-32-21-9-6-19(25)15-22(21)33(30,31)28-10-2-3-17(16-28)23(29)27-13-11-26(12-14-27)20-7-4-18(24)5-8-20/h4-9,15,17H,2-3,10-14,16H2,1H3/t17-/m1/s1. The van der Waals surface area contributed by atoms with Crippen molar-refractivity contribution in [2.45, 2.75) is 17.7 Å². The van der Waals surface area contributed by atoms with Crippen molar-refractivity contribution in [3.63, 3.8) is 0 Å². The van der Waals surface area contributed by atoms with Gasteiger partial charge in [0.2, 0.25) is 15.9 Å². The molecule has 0 unspecified atom stereocenters. The van der Waals surface area contributed by atoms with Crippen LogP contribution in [0.1, 0.15) is 12.8 Å². The molecular weight excluding hydrogens is 452 g/mol. The van der Waals surface area contributed by atoms with E-state index in [2.05, 4.69) is 4.90 Å². The molecule has 7 nitrogen and oxygen atoms in total. The van der Waals surface area contributed by atoms with Gasteiger partial charge in [0.25, 0.3) is 0 Å². The predicted octanol–water partition coefficient (Wildman–Crippen LogP) is 2.72. The Morgan fingerprint density at radius 2 is 1.64 bits per heavy atom. The van der Waals surface area contributed by atoms with Gasteiger partial charge in [-0.25, -0.2) is 17.2 Å². The van der Waals surface area contributed by atoms with E-state index >= 15 is 0 Å². The van der Waals surface area contributed by atoms with Gasteiger partial charge in [0.05, 0.1) is 13.0 Å². The molecule has 33 heavy (non-hydrogen) atoms. The van der Waals surface area contributed by atoms with Crippen LogP contribution in [0.15, 0.2) is 47.4 Å². The van der Waals surface area contributed by atoms with Gasteiger partial charge >= 0.3 is 0 Å². The third kappa shape index (κ3) is 4.96. The van der Waals surface area contributed by atoms with Gasteiger partial charge in [-0.2, -0.15) is 4.31 Å². The second kappa shape index (κ2) is 9.64. The summed E-state index contributed by atoms with van der Waals surface area (Å²) in [6.45, 7) is 2.58. The number of methoxy groups -OCH3 is 1. The summed E-state index contributed by atoms with van der Waals surface area (Å²) in [4.78, 5) is 16.8. The first-order valence-corrected chi connectivity index (χ1v) is 12.4. The van der Waals surface area contributed by atoms with Crippen LogP contribution in [0.5, 0.6) is 5.75 Å². The summed E-state index contributed by atoms with van der Waals surface area (Å²) in [7, 11) is -2.68. The van der Waals surface area contributed by atoms with Crippen LogP contribution in [-0.4, -0.2) is 69.9 Å². The number of sulfonamides is 1. The van der Waals surface area contributed by atoms with E-state index in [4.69, 9.17) is 4.74 Å². The Morgan fingerprint density at radius 3 is 2.30 bits per heavy atom. The minimum atomic E-state index is -4.01. The molecule has 1 amide bonds. The van der Waals surface area contributed by atoms with Crippen molar-refractivity contribution >= 4 is 21.6 Å². The Morgan fingerprint density at radius 1 is 0.970 bits per heavy atom. The molecule has 178 valence electrons. The molecule has 0 radical (unpaired) electrons. The van der Waals surface area contributed by atoms with Crippen LogP contribution in [0.25, 0.3) is 0 Å². The minimum absolute atomic E-state index is 0.0546. The molecule has 0 N–H and O–H groups in total. The maximum absolute atomic E-state index is 13.8. The van der Waals surface area contributed by atoms with E-state index in [1.165, 1.54) is 29.6 Å². The Balaban J connectivity index is 1.42. The highest BCUT2D eigenvalue weighted by Gasteiger charge is 2.37. The molecule has 0 saturated carbocycles. The van der Waals surface area contributed by atoms with Crippen molar-refractivity contribution in [3.05, 3.63) is 54.1 Å². The van der Waals surface area contributed by atoms with Crippen molar-refractivity contribution in [2.24, 2.45) is 5.92 Å². The Kier molecular flexibility index (Phi) is 6.85. The first-order valence-electron chi connectivity index (χ1n) is 10.9. The van der Waals surface area contributed by atoms with Crippen molar-refractivity contribution < 1.29 is 26.7 Å². The molecule has 0 aromatic heterocycles. The average Bonchev–Trinajstić information content (AvgIpc) is 2.84. The van der Waals surface area contributed by atoms with E-state index in [0.717, 1.165) is 17.8 Å². The van der Waals surface area contributed by atoms with Crippen LogP contribution in [0.3, 0.4) is 0 Å². The molecule has 2 aliphatic heterocycles. The molecule has 2 aromatic carbocycles. The van der Waals surface area contributed by atoms with Gasteiger partial charge in [-0.3, -0.25) is 4.79 Å². The molecule has 0 spiro atoms. The Hall–Kier alpha value is -2.72. The third-order valence-electron chi connectivity index (χ3n) is 6.26. The number of ether oxygens (including phenoxy) is 1. The normalized spacial score (nSPS) is 20.0. The molecule has 0 bridgehead atoms. The zero-order valence-electron chi connectivity index (χ0n) is 18.4. The van der Waals surface area contributed by atoms with Crippen LogP contribution < -0.4 is 9.64 Å². The van der Waals surface area contributed by atoms with Gasteiger partial charge in [-0.15, -0.1) is 0 Å². The number of carbonyl (C=O) groups excluding carboxylic acids is 1. The van der Waals surface area contributed by atoms with E-state index in [1.807, 2.05) is 0 Å². The lowest BCUT2D eigenvalue weighted by atomic mass is 9.97. The SMILES string of the molecule is COc1ccc(F)cc1S(=O)(=O)N1CCC[C@@H](C(=O)N2CCN(c3ccc(F)cc3)CC2)C1. The van der Waals surface area contributed by atoms with Gasteiger partial charge < -0.3 is 14.5 Å². The van der Waals surface area contributed by atoms with Gasteiger partial charge in [-0.1, -0.05) is 0 Å². The van der Waals surface area contributed by atoms with Crippen molar-refractivity contribution in [3.8, 4) is 5.75 Å². The number of anilines is 1. The van der Waals surface area contributed by atoms with E-state index in [1.54, 1.807) is 17.0 Å². The second-order valence-corrected chi connectivity index (χ2v) is 10.2. The summed E-state index contributed by atoms with van der Waals surface area (Å²) < 4.78 is 59.7. The number of carbonyl (C=O) groups is 1. The third-order valence-corrected chi connectivity index (χ3v) is 8.15. The molecule has 10 heteroatoms. The molecule has 2 heterocycles. The zero-order chi connectivity index (χ0) is 23.6. The summed E-state index contributed by atoms with van der Waals surface area (Å²) in [5.74, 6) is -1.41. The number of halogens is 2. The monoisotopic (exact) mass is 479 g/mol. The number of hydrogen-bond acceptors (Lipinski definition) is 5. The molecule has 0 aliphatic carbocycles. The molecule has 4 rings (SSSR count). The van der Waals surface area contributed by atoms with E-state index < -0.39 is 21.8 Å². The number of hydrogen-bond donors (Lipinski definition) is 0. The molecule has 2 saturated heterocycles. The second-order valence-electron chi connectivity index (χ2n) is 8.29. The fourth-order valence-electron chi connectivity index (χ4n) is 4.45. The number of piperidine rings is 1. The van der Waals surface area contributed by atoms with Crippen LogP contribution >= 0.6 is 0 Å². The summed E-state index contributed by atoms with van der Waals surface area (Å²) in [6, 6.07) is 9.65. The maximum Gasteiger partial charge on any atom is 0.246 e. The summed E-state index contributed by atoms with van der Waals surface area (Å²) >= 11 is 0. The lowest BCUT2D eigenvalue weighted by Gasteiger charge is -2.39. The highest BCUT2D eigenvalue weighted by Crippen LogP contribution is 2.31. The fraction of sp³-hybridized carbons (Fsp3) is 0.435. The Labute approximate surface area is 192 Å². The molecule has 1 atom stereocenters. The van der Waals surface area contributed by atoms with Crippen molar-refractivity contribution in [1.29, 1.82) is 0 Å². The van der Waals surface area contributed by atoms with Gasteiger partial charge in [0, 0.05) is 45.0 Å². The summed E-state index contributed by atoms with van der Waals surface area (Å²) in [6.07, 6.45) is 1.14. The van der Waals surface area contributed by atoms with Gasteiger partial charge in [0.1, 0.15) is 22.3 Å². The van der Waals surface area contributed by atoms with Crippen molar-refractivity contribution in [2.75, 3.05) is 51.3 Å². The number of benzene rings is 2. The number of amides is 1. The summed E-state index contributed by atoms with van der Waals surface area (Å²) in [5, 5.41) is 0. The van der Waals surface area contributed by atoms with Gasteiger partial charge in [-0.05, 0) is 55.3 Å². The lowest BCUT2D eigenvalue weighted by molar-refractivity contribution is -0.137. The van der Waals surface area contributed by atoms with Crippen LogP contribution in [0.2, 0.25) is 0 Å². The first-order chi connectivity index (χ1) is 15.8. The zero-order valence-corrected chi connectivity index (χ0v) is 19.2.